The van der Waals surface area contributed by atoms with Gasteiger partial charge in [0, 0.05) is 19.1 Å². The van der Waals surface area contributed by atoms with E-state index in [1.807, 2.05) is 4.90 Å². The highest BCUT2D eigenvalue weighted by Gasteiger charge is 2.33. The van der Waals surface area contributed by atoms with E-state index in [2.05, 4.69) is 43.0 Å². The fourth-order valence-electron chi connectivity index (χ4n) is 2.94. The molecule has 116 valence electrons. The fourth-order valence-corrected chi connectivity index (χ4v) is 2.94. The molecule has 1 N–H and O–H groups in total. The Labute approximate surface area is 127 Å². The Kier molecular flexibility index (Phi) is 5.15. The molecule has 1 aromatic rings. The van der Waals surface area contributed by atoms with Gasteiger partial charge in [0.05, 0.1) is 12.4 Å². The van der Waals surface area contributed by atoms with Crippen molar-refractivity contribution in [3.63, 3.8) is 0 Å². The summed E-state index contributed by atoms with van der Waals surface area (Å²) in [6.07, 6.45) is 5.42. The summed E-state index contributed by atoms with van der Waals surface area (Å²) in [5.41, 5.74) is 0.434. The molecular formula is C16H26N4O. The predicted octanol–water partition coefficient (Wildman–Crippen LogP) is 2.81. The van der Waals surface area contributed by atoms with Gasteiger partial charge >= 0.3 is 0 Å². The Bertz CT molecular complexity index is 491. The molecule has 0 aliphatic carbocycles. The highest BCUT2D eigenvalue weighted by molar-refractivity contribution is 5.92. The normalized spacial score (nSPS) is 25.7. The summed E-state index contributed by atoms with van der Waals surface area (Å²) in [5.74, 6) is 1.73. The number of aromatic nitrogens is 2. The number of carbonyl (C=O) groups is 1. The zero-order valence-corrected chi connectivity index (χ0v) is 13.5. The molecule has 3 atom stereocenters. The van der Waals surface area contributed by atoms with Crippen LogP contribution >= 0.6 is 0 Å². The van der Waals surface area contributed by atoms with Crippen LogP contribution in [0.25, 0.3) is 0 Å². The van der Waals surface area contributed by atoms with Gasteiger partial charge in [-0.3, -0.25) is 9.78 Å². The summed E-state index contributed by atoms with van der Waals surface area (Å²) in [5, 5.41) is 3.18. The summed E-state index contributed by atoms with van der Waals surface area (Å²) in [7, 11) is 0. The Morgan fingerprint density at radius 3 is 2.86 bits per heavy atom. The fraction of sp³-hybridized carbons (Fsp3) is 0.688. The van der Waals surface area contributed by atoms with Gasteiger partial charge in [-0.05, 0) is 31.6 Å². The van der Waals surface area contributed by atoms with E-state index in [0.717, 1.165) is 19.5 Å². The first-order valence-corrected chi connectivity index (χ1v) is 7.89. The van der Waals surface area contributed by atoms with E-state index in [9.17, 15) is 4.79 Å². The van der Waals surface area contributed by atoms with Gasteiger partial charge in [0.25, 0.3) is 5.91 Å². The first-order chi connectivity index (χ1) is 10.0. The smallest absolute Gasteiger partial charge is 0.274 e. The standard InChI is InChI=1S/C16H26N4O/c1-5-6-18-15-9-17-8-14(19-15)16(21)20-10-11(2)7-12(3)13(20)4/h8-9,11-13H,5-7,10H2,1-4H3,(H,18,19). The molecule has 2 rings (SSSR count). The van der Waals surface area contributed by atoms with Crippen LogP contribution in [-0.2, 0) is 0 Å². The molecule has 1 aliphatic rings. The van der Waals surface area contributed by atoms with Gasteiger partial charge in [-0.1, -0.05) is 20.8 Å². The number of piperidine rings is 1. The van der Waals surface area contributed by atoms with Crippen LogP contribution in [-0.4, -0.2) is 39.9 Å². The van der Waals surface area contributed by atoms with Crippen molar-refractivity contribution in [1.29, 1.82) is 0 Å². The maximum Gasteiger partial charge on any atom is 0.274 e. The van der Waals surface area contributed by atoms with Gasteiger partial charge < -0.3 is 10.2 Å². The summed E-state index contributed by atoms with van der Waals surface area (Å²) in [4.78, 5) is 23.2. The Hall–Kier alpha value is -1.65. The molecule has 1 saturated heterocycles. The van der Waals surface area contributed by atoms with E-state index in [1.54, 1.807) is 12.4 Å². The van der Waals surface area contributed by atoms with Gasteiger partial charge in [-0.2, -0.15) is 0 Å². The monoisotopic (exact) mass is 290 g/mol. The minimum absolute atomic E-state index is 0.00597. The van der Waals surface area contributed by atoms with Crippen molar-refractivity contribution in [3.05, 3.63) is 18.1 Å². The van der Waals surface area contributed by atoms with Crippen LogP contribution in [0.5, 0.6) is 0 Å². The van der Waals surface area contributed by atoms with E-state index < -0.39 is 0 Å². The predicted molar refractivity (Wildman–Crippen MR) is 84.3 cm³/mol. The maximum atomic E-state index is 12.7. The van der Waals surface area contributed by atoms with Crippen molar-refractivity contribution >= 4 is 11.7 Å². The number of rotatable bonds is 4. The highest BCUT2D eigenvalue weighted by atomic mass is 16.2. The van der Waals surface area contributed by atoms with Crippen LogP contribution in [0, 0.1) is 11.8 Å². The van der Waals surface area contributed by atoms with Crippen LogP contribution in [0.15, 0.2) is 12.4 Å². The van der Waals surface area contributed by atoms with E-state index in [0.29, 0.717) is 23.3 Å². The van der Waals surface area contributed by atoms with Crippen molar-refractivity contribution in [2.75, 3.05) is 18.4 Å². The van der Waals surface area contributed by atoms with Crippen LogP contribution in [0.1, 0.15) is 51.0 Å². The van der Waals surface area contributed by atoms with Crippen LogP contribution < -0.4 is 5.32 Å². The molecule has 5 nitrogen and oxygen atoms in total. The Morgan fingerprint density at radius 1 is 1.38 bits per heavy atom. The lowest BCUT2D eigenvalue weighted by atomic mass is 9.86. The maximum absolute atomic E-state index is 12.7. The zero-order valence-electron chi connectivity index (χ0n) is 13.5. The molecule has 2 heterocycles. The molecule has 1 fully saturated rings. The summed E-state index contributed by atoms with van der Waals surface area (Å²) in [6.45, 7) is 10.3. The molecule has 1 aromatic heterocycles. The average Bonchev–Trinajstić information content (AvgIpc) is 2.48. The minimum Gasteiger partial charge on any atom is -0.369 e. The van der Waals surface area contributed by atoms with E-state index in [4.69, 9.17) is 0 Å². The lowest BCUT2D eigenvalue weighted by Gasteiger charge is -2.40. The Morgan fingerprint density at radius 2 is 2.14 bits per heavy atom. The minimum atomic E-state index is -0.00597. The second-order valence-electron chi connectivity index (χ2n) is 6.23. The zero-order chi connectivity index (χ0) is 15.4. The second kappa shape index (κ2) is 6.87. The third-order valence-corrected chi connectivity index (χ3v) is 4.27. The van der Waals surface area contributed by atoms with Crippen molar-refractivity contribution in [2.24, 2.45) is 11.8 Å². The van der Waals surface area contributed by atoms with Gasteiger partial charge in [0.2, 0.25) is 0 Å². The number of amides is 1. The lowest BCUT2D eigenvalue weighted by Crippen LogP contribution is -2.49. The van der Waals surface area contributed by atoms with E-state index in [1.165, 1.54) is 6.42 Å². The first kappa shape index (κ1) is 15.7. The largest absolute Gasteiger partial charge is 0.369 e. The third kappa shape index (κ3) is 3.71. The molecule has 21 heavy (non-hydrogen) atoms. The highest BCUT2D eigenvalue weighted by Crippen LogP contribution is 2.27. The van der Waals surface area contributed by atoms with Crippen molar-refractivity contribution < 1.29 is 4.79 Å². The first-order valence-electron chi connectivity index (χ1n) is 7.89. The molecular weight excluding hydrogens is 264 g/mol. The number of nitrogens with zero attached hydrogens (tertiary/aromatic N) is 3. The molecule has 0 bridgehead atoms. The number of hydrogen-bond acceptors (Lipinski definition) is 4. The Balaban J connectivity index is 2.15. The number of hydrogen-bond donors (Lipinski definition) is 1. The third-order valence-electron chi connectivity index (χ3n) is 4.27. The molecule has 5 heteroatoms. The van der Waals surface area contributed by atoms with Crippen LogP contribution in [0.3, 0.4) is 0 Å². The summed E-state index contributed by atoms with van der Waals surface area (Å²) >= 11 is 0. The summed E-state index contributed by atoms with van der Waals surface area (Å²) in [6, 6.07) is 0.253. The lowest BCUT2D eigenvalue weighted by molar-refractivity contribution is 0.0449. The molecule has 0 radical (unpaired) electrons. The number of carbonyl (C=O) groups excluding carboxylic acids is 1. The molecule has 1 aliphatic heterocycles. The van der Waals surface area contributed by atoms with Gasteiger partial charge in [0.1, 0.15) is 11.5 Å². The van der Waals surface area contributed by atoms with Crippen LogP contribution in [0.4, 0.5) is 5.82 Å². The van der Waals surface area contributed by atoms with Gasteiger partial charge in [0.15, 0.2) is 0 Å². The SMILES string of the molecule is CCCNc1cncc(C(=O)N2CC(C)CC(C)C2C)n1. The molecule has 1 amide bonds. The summed E-state index contributed by atoms with van der Waals surface area (Å²) < 4.78 is 0. The van der Waals surface area contributed by atoms with Crippen molar-refractivity contribution in [3.8, 4) is 0 Å². The van der Waals surface area contributed by atoms with Crippen LogP contribution in [0.2, 0.25) is 0 Å². The number of anilines is 1. The number of nitrogens with one attached hydrogen (secondary N) is 1. The van der Waals surface area contributed by atoms with E-state index in [-0.39, 0.29) is 11.9 Å². The van der Waals surface area contributed by atoms with Gasteiger partial charge in [-0.15, -0.1) is 0 Å². The topological polar surface area (TPSA) is 58.1 Å². The second-order valence-corrected chi connectivity index (χ2v) is 6.23. The van der Waals surface area contributed by atoms with Crippen molar-refractivity contribution in [1.82, 2.24) is 14.9 Å². The molecule has 3 unspecified atom stereocenters. The van der Waals surface area contributed by atoms with E-state index >= 15 is 0 Å². The molecule has 0 aromatic carbocycles. The number of likely N-dealkylation sites (tertiary alicyclic amines) is 1. The quantitative estimate of drug-likeness (QED) is 0.926. The molecule has 0 saturated carbocycles. The van der Waals surface area contributed by atoms with Gasteiger partial charge in [-0.25, -0.2) is 4.98 Å². The van der Waals surface area contributed by atoms with Crippen molar-refractivity contribution in [2.45, 2.75) is 46.6 Å². The average molecular weight is 290 g/mol. The molecule has 0 spiro atoms.